The van der Waals surface area contributed by atoms with Gasteiger partial charge in [0.15, 0.2) is 0 Å². The van der Waals surface area contributed by atoms with Gasteiger partial charge in [-0.05, 0) is 43.4 Å². The van der Waals surface area contributed by atoms with Gasteiger partial charge in [-0.1, -0.05) is 25.0 Å². The summed E-state index contributed by atoms with van der Waals surface area (Å²) >= 11 is 0. The molecule has 0 spiro atoms. The second-order valence-corrected chi connectivity index (χ2v) is 8.06. The first-order valence-electron chi connectivity index (χ1n) is 10.2. The summed E-state index contributed by atoms with van der Waals surface area (Å²) in [6.45, 7) is 1.27. The van der Waals surface area contributed by atoms with E-state index in [9.17, 15) is 14.0 Å². The van der Waals surface area contributed by atoms with Crippen LogP contribution >= 0.6 is 0 Å². The monoisotopic (exact) mass is 386 g/mol. The number of piperidine rings is 1. The number of benzene rings is 1. The fourth-order valence-electron chi connectivity index (χ4n) is 4.63. The Morgan fingerprint density at radius 1 is 1.21 bits per heavy atom. The quantitative estimate of drug-likeness (QED) is 0.812. The molecule has 2 heterocycles. The van der Waals surface area contributed by atoms with E-state index in [0.29, 0.717) is 18.7 Å². The lowest BCUT2D eigenvalue weighted by Gasteiger charge is -2.33. The molecule has 1 aromatic heterocycles. The highest BCUT2D eigenvalue weighted by Crippen LogP contribution is 2.33. The molecule has 0 bridgehead atoms. The summed E-state index contributed by atoms with van der Waals surface area (Å²) in [4.78, 5) is 27.3. The number of likely N-dealkylation sites (tertiary alicyclic amines) is 1. The average molecular weight is 386 g/mol. The largest absolute Gasteiger partial charge is 0.345 e. The van der Waals surface area contributed by atoms with E-state index in [-0.39, 0.29) is 35.8 Å². The number of rotatable bonds is 4. The van der Waals surface area contributed by atoms with E-state index in [0.717, 1.165) is 44.3 Å². The van der Waals surface area contributed by atoms with Gasteiger partial charge in [0.2, 0.25) is 5.91 Å². The number of hydrogen-bond donors (Lipinski definition) is 0. The van der Waals surface area contributed by atoms with E-state index in [4.69, 9.17) is 0 Å². The van der Waals surface area contributed by atoms with Crippen molar-refractivity contribution in [2.45, 2.75) is 56.9 Å². The third kappa shape index (κ3) is 3.75. The smallest absolute Gasteiger partial charge is 0.342 e. The van der Waals surface area contributed by atoms with Crippen molar-refractivity contribution in [2.75, 3.05) is 13.1 Å². The molecule has 150 valence electrons. The van der Waals surface area contributed by atoms with Gasteiger partial charge < -0.3 is 4.90 Å². The van der Waals surface area contributed by atoms with Crippen molar-refractivity contribution in [2.24, 2.45) is 7.05 Å². The lowest BCUT2D eigenvalue weighted by atomic mass is 9.96. The van der Waals surface area contributed by atoms with Gasteiger partial charge in [-0.2, -0.15) is 5.10 Å². The van der Waals surface area contributed by atoms with Crippen molar-refractivity contribution < 1.29 is 9.18 Å². The molecule has 1 saturated heterocycles. The lowest BCUT2D eigenvalue weighted by molar-refractivity contribution is -0.131. The highest BCUT2D eigenvalue weighted by atomic mass is 19.1. The number of aromatic nitrogens is 3. The van der Waals surface area contributed by atoms with Crippen LogP contribution in [0.3, 0.4) is 0 Å². The van der Waals surface area contributed by atoms with Gasteiger partial charge in [0.25, 0.3) is 0 Å². The van der Waals surface area contributed by atoms with Crippen molar-refractivity contribution in [3.8, 4) is 0 Å². The Hall–Kier alpha value is -2.44. The van der Waals surface area contributed by atoms with Crippen LogP contribution in [0.1, 0.15) is 61.9 Å². The van der Waals surface area contributed by atoms with Gasteiger partial charge in [0.1, 0.15) is 11.6 Å². The number of hydrogen-bond acceptors (Lipinski definition) is 3. The van der Waals surface area contributed by atoms with Gasteiger partial charge in [-0.15, -0.1) is 0 Å². The molecule has 2 aliphatic rings. The summed E-state index contributed by atoms with van der Waals surface area (Å²) in [6.07, 6.45) is 6.34. The Morgan fingerprint density at radius 2 is 2.00 bits per heavy atom. The SMILES string of the molecule is Cn1nc(C2CCCN(C(=O)Cc3cccc(F)c3)C2)n(C2CCCC2)c1=O. The summed E-state index contributed by atoms with van der Waals surface area (Å²) in [5.41, 5.74) is 0.637. The van der Waals surface area contributed by atoms with Crippen LogP contribution in [0.25, 0.3) is 0 Å². The summed E-state index contributed by atoms with van der Waals surface area (Å²) in [7, 11) is 1.70. The van der Waals surface area contributed by atoms with Crippen LogP contribution in [-0.4, -0.2) is 38.2 Å². The molecule has 0 N–H and O–H groups in total. The first kappa shape index (κ1) is 18.9. The average Bonchev–Trinajstić information content (AvgIpc) is 3.30. The number of carbonyl (C=O) groups is 1. The summed E-state index contributed by atoms with van der Waals surface area (Å²) in [6, 6.07) is 6.43. The van der Waals surface area contributed by atoms with E-state index in [1.54, 1.807) is 19.2 Å². The van der Waals surface area contributed by atoms with E-state index >= 15 is 0 Å². The lowest BCUT2D eigenvalue weighted by Crippen LogP contribution is -2.41. The van der Waals surface area contributed by atoms with Crippen molar-refractivity contribution in [3.05, 3.63) is 52.0 Å². The molecule has 1 amide bonds. The zero-order chi connectivity index (χ0) is 19.7. The summed E-state index contributed by atoms with van der Waals surface area (Å²) < 4.78 is 16.7. The maximum Gasteiger partial charge on any atom is 0.345 e. The standard InChI is InChI=1S/C21H27FN4O2/c1-24-21(28)26(18-9-2-3-10-18)20(23-24)16-7-5-11-25(14-16)19(27)13-15-6-4-8-17(22)12-15/h4,6,8,12,16,18H,2-3,5,7,9-11,13-14H2,1H3. The van der Waals surface area contributed by atoms with Crippen LogP contribution in [0.4, 0.5) is 4.39 Å². The zero-order valence-corrected chi connectivity index (χ0v) is 16.3. The number of halogens is 1. The van der Waals surface area contributed by atoms with Gasteiger partial charge in [0.05, 0.1) is 6.42 Å². The zero-order valence-electron chi connectivity index (χ0n) is 16.3. The summed E-state index contributed by atoms with van der Waals surface area (Å²) in [5, 5.41) is 4.55. The normalized spacial score (nSPS) is 20.6. The molecule has 1 aromatic carbocycles. The number of aryl methyl sites for hydroxylation is 1. The first-order chi connectivity index (χ1) is 13.5. The Labute approximate surface area is 164 Å². The van der Waals surface area contributed by atoms with Crippen LogP contribution in [0.15, 0.2) is 29.1 Å². The minimum atomic E-state index is -0.323. The number of amides is 1. The van der Waals surface area contributed by atoms with E-state index in [1.807, 2.05) is 9.47 Å². The molecule has 2 fully saturated rings. The molecule has 28 heavy (non-hydrogen) atoms. The van der Waals surface area contributed by atoms with E-state index in [1.165, 1.54) is 16.8 Å². The number of carbonyl (C=O) groups excluding carboxylic acids is 1. The maximum atomic E-state index is 13.4. The maximum absolute atomic E-state index is 13.4. The van der Waals surface area contributed by atoms with Crippen LogP contribution in [0, 0.1) is 5.82 Å². The van der Waals surface area contributed by atoms with Crippen LogP contribution < -0.4 is 5.69 Å². The molecule has 1 atom stereocenters. The molecule has 6 nitrogen and oxygen atoms in total. The molecule has 2 aromatic rings. The molecule has 1 saturated carbocycles. The van der Waals surface area contributed by atoms with Crippen molar-refractivity contribution in [1.82, 2.24) is 19.2 Å². The molecule has 1 aliphatic heterocycles. The topological polar surface area (TPSA) is 60.1 Å². The Bertz CT molecular complexity index is 913. The Balaban J connectivity index is 1.52. The molecule has 0 radical (unpaired) electrons. The van der Waals surface area contributed by atoms with E-state index < -0.39 is 0 Å². The Morgan fingerprint density at radius 3 is 2.75 bits per heavy atom. The second kappa shape index (κ2) is 7.89. The van der Waals surface area contributed by atoms with Crippen LogP contribution in [0.2, 0.25) is 0 Å². The molecule has 7 heteroatoms. The van der Waals surface area contributed by atoms with Gasteiger partial charge in [-0.25, -0.2) is 13.9 Å². The third-order valence-electron chi connectivity index (χ3n) is 6.06. The van der Waals surface area contributed by atoms with Crippen molar-refractivity contribution >= 4 is 5.91 Å². The third-order valence-corrected chi connectivity index (χ3v) is 6.06. The highest BCUT2D eigenvalue weighted by Gasteiger charge is 2.32. The van der Waals surface area contributed by atoms with Gasteiger partial charge >= 0.3 is 5.69 Å². The van der Waals surface area contributed by atoms with Crippen LogP contribution in [-0.2, 0) is 18.3 Å². The van der Waals surface area contributed by atoms with Gasteiger partial charge in [-0.3, -0.25) is 9.36 Å². The molecular formula is C21H27FN4O2. The predicted octanol–water partition coefficient (Wildman–Crippen LogP) is 2.78. The Kier molecular flexibility index (Phi) is 5.33. The molecule has 1 unspecified atom stereocenters. The minimum Gasteiger partial charge on any atom is -0.342 e. The van der Waals surface area contributed by atoms with Gasteiger partial charge in [0, 0.05) is 32.1 Å². The predicted molar refractivity (Wildman–Crippen MR) is 104 cm³/mol. The number of nitrogens with zero attached hydrogens (tertiary/aromatic N) is 4. The van der Waals surface area contributed by atoms with Crippen LogP contribution in [0.5, 0.6) is 0 Å². The fraction of sp³-hybridized carbons (Fsp3) is 0.571. The van der Waals surface area contributed by atoms with Crippen molar-refractivity contribution in [3.63, 3.8) is 0 Å². The molecule has 1 aliphatic carbocycles. The molecular weight excluding hydrogens is 359 g/mol. The first-order valence-corrected chi connectivity index (χ1v) is 10.2. The highest BCUT2D eigenvalue weighted by molar-refractivity contribution is 5.79. The van der Waals surface area contributed by atoms with Crippen molar-refractivity contribution in [1.29, 1.82) is 0 Å². The second-order valence-electron chi connectivity index (χ2n) is 8.06. The minimum absolute atomic E-state index is 0.000921. The molecule has 4 rings (SSSR count). The summed E-state index contributed by atoms with van der Waals surface area (Å²) in [5.74, 6) is 0.569. The van der Waals surface area contributed by atoms with E-state index in [2.05, 4.69) is 5.10 Å². The fourth-order valence-corrected chi connectivity index (χ4v) is 4.63.